The van der Waals surface area contributed by atoms with Gasteiger partial charge in [0.1, 0.15) is 13.2 Å². The second-order valence-electron chi connectivity index (χ2n) is 17.7. The molecule has 0 spiro atoms. The Labute approximate surface area is 412 Å². The van der Waals surface area contributed by atoms with Crippen molar-refractivity contribution in [3.63, 3.8) is 0 Å². The molecule has 6 nitrogen and oxygen atoms in total. The molecule has 0 aromatic carbocycles. The van der Waals surface area contributed by atoms with Crippen LogP contribution in [0.25, 0.3) is 0 Å². The third kappa shape index (κ3) is 52.9. The van der Waals surface area contributed by atoms with E-state index in [4.69, 9.17) is 14.2 Å². The molecule has 380 valence electrons. The molecule has 0 bridgehead atoms. The zero-order valence-electron chi connectivity index (χ0n) is 43.4. The maximum atomic E-state index is 12.8. The highest BCUT2D eigenvalue weighted by Gasteiger charge is 2.19. The van der Waals surface area contributed by atoms with Crippen LogP contribution >= 0.6 is 0 Å². The zero-order valence-corrected chi connectivity index (χ0v) is 43.4. The van der Waals surface area contributed by atoms with Crippen LogP contribution in [0.3, 0.4) is 0 Å². The fourth-order valence-corrected chi connectivity index (χ4v) is 7.13. The van der Waals surface area contributed by atoms with Gasteiger partial charge in [-0.05, 0) is 122 Å². The van der Waals surface area contributed by atoms with Gasteiger partial charge in [-0.15, -0.1) is 0 Å². The van der Waals surface area contributed by atoms with Gasteiger partial charge in [-0.1, -0.05) is 207 Å². The van der Waals surface area contributed by atoms with Crippen LogP contribution in [0.4, 0.5) is 0 Å². The molecule has 0 aromatic rings. The molecule has 0 aliphatic heterocycles. The minimum Gasteiger partial charge on any atom is -0.462 e. The van der Waals surface area contributed by atoms with Crippen molar-refractivity contribution in [3.05, 3.63) is 109 Å². The lowest BCUT2D eigenvalue weighted by Gasteiger charge is -2.18. The monoisotopic (exact) mass is 929 g/mol. The van der Waals surface area contributed by atoms with Gasteiger partial charge in [-0.3, -0.25) is 14.4 Å². The Bertz CT molecular complexity index is 1390. The normalized spacial score (nSPS) is 12.9. The van der Waals surface area contributed by atoms with E-state index >= 15 is 0 Å². The van der Waals surface area contributed by atoms with Crippen LogP contribution in [0.5, 0.6) is 0 Å². The summed E-state index contributed by atoms with van der Waals surface area (Å²) < 4.78 is 16.8. The summed E-state index contributed by atoms with van der Waals surface area (Å²) in [6.07, 6.45) is 73.6. The third-order valence-corrected chi connectivity index (χ3v) is 11.2. The molecule has 0 saturated carbocycles. The second-order valence-corrected chi connectivity index (χ2v) is 17.7. The first kappa shape index (κ1) is 63.1. The van der Waals surface area contributed by atoms with Crippen LogP contribution in [0, 0.1) is 0 Å². The lowest BCUT2D eigenvalue weighted by Crippen LogP contribution is -2.30. The number of esters is 3. The smallest absolute Gasteiger partial charge is 0.306 e. The molecular formula is C61H100O6. The summed E-state index contributed by atoms with van der Waals surface area (Å²) in [7, 11) is 0. The Morgan fingerprint density at radius 2 is 0.597 bits per heavy atom. The van der Waals surface area contributed by atoms with E-state index in [9.17, 15) is 14.4 Å². The van der Waals surface area contributed by atoms with Gasteiger partial charge in [0.2, 0.25) is 0 Å². The molecule has 67 heavy (non-hydrogen) atoms. The summed E-state index contributed by atoms with van der Waals surface area (Å²) in [5.74, 6) is -0.998. The Balaban J connectivity index is 4.54. The van der Waals surface area contributed by atoms with Gasteiger partial charge in [0.15, 0.2) is 6.10 Å². The summed E-state index contributed by atoms with van der Waals surface area (Å²) in [6, 6.07) is 0. The Hall–Kier alpha value is -3.93. The molecule has 6 heteroatoms. The minimum atomic E-state index is -0.816. The van der Waals surface area contributed by atoms with E-state index in [1.54, 1.807) is 0 Å². The standard InChI is InChI=1S/C61H100O6/c1-4-7-10-13-16-19-22-25-28-30-33-36-39-42-45-48-51-54-60(63)66-57-58(56-65-59(62)53-50-47-44-41-38-35-32-27-24-21-18-15-12-9-6-3)67-61(64)55-52-49-46-43-40-37-34-31-29-26-23-20-17-14-11-8-5-2/h7,10,16-17,19-21,24-26,28-29,33-34,36-37,42,45,58H,4-6,8-9,11-15,18,22-23,27,30-32,35,38-41,43-44,46-57H2,1-3H3/b10-7+,19-16+,20-17+,24-21+,28-25+,29-26+,36-33+,37-34+,45-42+/t58-/m1/s1. The van der Waals surface area contributed by atoms with Crippen molar-refractivity contribution in [1.29, 1.82) is 0 Å². The molecular weight excluding hydrogens is 829 g/mol. The van der Waals surface area contributed by atoms with E-state index in [-0.39, 0.29) is 44.0 Å². The molecule has 0 heterocycles. The quantitative estimate of drug-likeness (QED) is 0.0262. The van der Waals surface area contributed by atoms with Crippen molar-refractivity contribution in [2.24, 2.45) is 0 Å². The van der Waals surface area contributed by atoms with E-state index in [0.717, 1.165) is 103 Å². The average Bonchev–Trinajstić information content (AvgIpc) is 3.33. The fraction of sp³-hybridized carbons (Fsp3) is 0.656. The van der Waals surface area contributed by atoms with Gasteiger partial charge in [-0.25, -0.2) is 0 Å². The molecule has 0 aliphatic rings. The number of hydrogen-bond acceptors (Lipinski definition) is 6. The molecule has 0 aromatic heterocycles. The summed E-state index contributed by atoms with van der Waals surface area (Å²) in [4.78, 5) is 38.1. The number of unbranched alkanes of at least 4 members (excludes halogenated alkanes) is 19. The Kier molecular flexibility index (Phi) is 51.5. The highest BCUT2D eigenvalue weighted by Crippen LogP contribution is 2.13. The van der Waals surface area contributed by atoms with Crippen molar-refractivity contribution in [2.75, 3.05) is 13.2 Å². The van der Waals surface area contributed by atoms with Crippen LogP contribution < -0.4 is 0 Å². The van der Waals surface area contributed by atoms with Gasteiger partial charge in [-0.2, -0.15) is 0 Å². The maximum Gasteiger partial charge on any atom is 0.306 e. The summed E-state index contributed by atoms with van der Waals surface area (Å²) in [6.45, 7) is 6.41. The molecule has 0 saturated heterocycles. The number of allylic oxidation sites excluding steroid dienone is 18. The van der Waals surface area contributed by atoms with Crippen molar-refractivity contribution in [2.45, 2.75) is 245 Å². The van der Waals surface area contributed by atoms with E-state index in [1.165, 1.54) is 89.9 Å². The lowest BCUT2D eigenvalue weighted by molar-refractivity contribution is -0.167. The maximum absolute atomic E-state index is 12.8. The highest BCUT2D eigenvalue weighted by molar-refractivity contribution is 5.71. The van der Waals surface area contributed by atoms with Gasteiger partial charge >= 0.3 is 17.9 Å². The summed E-state index contributed by atoms with van der Waals surface area (Å²) in [5.41, 5.74) is 0. The van der Waals surface area contributed by atoms with Crippen molar-refractivity contribution in [3.8, 4) is 0 Å². The van der Waals surface area contributed by atoms with Gasteiger partial charge in [0, 0.05) is 19.3 Å². The zero-order chi connectivity index (χ0) is 48.6. The number of rotatable bonds is 48. The molecule has 0 amide bonds. The minimum absolute atomic E-state index is 0.109. The average molecular weight is 929 g/mol. The van der Waals surface area contributed by atoms with Crippen molar-refractivity contribution in [1.82, 2.24) is 0 Å². The number of hydrogen-bond donors (Lipinski definition) is 0. The molecule has 0 N–H and O–H groups in total. The first-order chi connectivity index (χ1) is 33.0. The number of ether oxygens (including phenoxy) is 3. The van der Waals surface area contributed by atoms with Gasteiger partial charge in [0.25, 0.3) is 0 Å². The van der Waals surface area contributed by atoms with Crippen LogP contribution in [0.2, 0.25) is 0 Å². The van der Waals surface area contributed by atoms with E-state index in [0.29, 0.717) is 12.8 Å². The third-order valence-electron chi connectivity index (χ3n) is 11.2. The first-order valence-corrected chi connectivity index (χ1v) is 27.4. The molecule has 0 rings (SSSR count). The van der Waals surface area contributed by atoms with E-state index in [2.05, 4.69) is 130 Å². The molecule has 0 radical (unpaired) electrons. The van der Waals surface area contributed by atoms with Crippen molar-refractivity contribution < 1.29 is 28.6 Å². The molecule has 0 fully saturated rings. The topological polar surface area (TPSA) is 78.9 Å². The van der Waals surface area contributed by atoms with Gasteiger partial charge < -0.3 is 14.2 Å². The number of carbonyl (C=O) groups excluding carboxylic acids is 3. The predicted octanol–water partition coefficient (Wildman–Crippen LogP) is 18.3. The lowest BCUT2D eigenvalue weighted by atomic mass is 10.1. The Morgan fingerprint density at radius 1 is 0.313 bits per heavy atom. The number of carbonyl (C=O) groups is 3. The summed E-state index contributed by atoms with van der Waals surface area (Å²) in [5, 5.41) is 0. The van der Waals surface area contributed by atoms with Crippen LogP contribution in [-0.4, -0.2) is 37.2 Å². The second kappa shape index (κ2) is 54.7. The molecule has 1 atom stereocenters. The van der Waals surface area contributed by atoms with Crippen molar-refractivity contribution >= 4 is 17.9 Å². The SMILES string of the molecule is CC/C=C/C/C=C/C/C=C/C/C=C/C/C=C/CCCC(=O)OC[C@@H](COC(=O)CCCCCCCCC/C=C/CCCCCC)OC(=O)CCCCCC/C=C/C/C=C/C/C=C/CCCCC. The van der Waals surface area contributed by atoms with E-state index in [1.807, 2.05) is 0 Å². The molecule has 0 aliphatic carbocycles. The summed E-state index contributed by atoms with van der Waals surface area (Å²) >= 11 is 0. The Morgan fingerprint density at radius 3 is 1.01 bits per heavy atom. The van der Waals surface area contributed by atoms with Crippen LogP contribution in [0.1, 0.15) is 239 Å². The van der Waals surface area contributed by atoms with Gasteiger partial charge in [0.05, 0.1) is 0 Å². The van der Waals surface area contributed by atoms with Crippen LogP contribution in [-0.2, 0) is 28.6 Å². The van der Waals surface area contributed by atoms with E-state index < -0.39 is 6.10 Å². The molecule has 0 unspecified atom stereocenters. The highest BCUT2D eigenvalue weighted by atomic mass is 16.6. The fourth-order valence-electron chi connectivity index (χ4n) is 7.13. The largest absolute Gasteiger partial charge is 0.462 e. The predicted molar refractivity (Wildman–Crippen MR) is 288 cm³/mol. The first-order valence-electron chi connectivity index (χ1n) is 27.4. The van der Waals surface area contributed by atoms with Crippen LogP contribution in [0.15, 0.2) is 109 Å².